The molecule has 8 heteroatoms. The number of nitrogens with one attached hydrogen (secondary N) is 1. The number of methoxy groups -OCH3 is 1. The van der Waals surface area contributed by atoms with Gasteiger partial charge in [0.1, 0.15) is 5.75 Å². The molecule has 2 aromatic rings. The van der Waals surface area contributed by atoms with Gasteiger partial charge in [-0.15, -0.1) is 0 Å². The second-order valence-electron chi connectivity index (χ2n) is 7.58. The van der Waals surface area contributed by atoms with E-state index in [2.05, 4.69) is 5.32 Å². The molecule has 1 unspecified atom stereocenters. The number of imide groups is 1. The monoisotopic (exact) mass is 421 g/mol. The predicted octanol–water partition coefficient (Wildman–Crippen LogP) is 1.99. The first kappa shape index (κ1) is 20.6. The van der Waals surface area contributed by atoms with Gasteiger partial charge in [0.15, 0.2) is 0 Å². The normalized spacial score (nSPS) is 17.8. The van der Waals surface area contributed by atoms with Gasteiger partial charge in [0, 0.05) is 31.6 Å². The highest BCUT2D eigenvalue weighted by molar-refractivity contribution is 6.21. The molecule has 1 N–H and O–H groups in total. The molecule has 160 valence electrons. The Morgan fingerprint density at radius 3 is 2.29 bits per heavy atom. The summed E-state index contributed by atoms with van der Waals surface area (Å²) in [6.07, 6.45) is 0.761. The van der Waals surface area contributed by atoms with Crippen LogP contribution in [0.5, 0.6) is 5.75 Å². The van der Waals surface area contributed by atoms with E-state index in [9.17, 15) is 19.2 Å². The van der Waals surface area contributed by atoms with E-state index in [1.807, 2.05) is 12.1 Å². The van der Waals surface area contributed by atoms with Crippen LogP contribution in [0, 0.1) is 0 Å². The van der Waals surface area contributed by atoms with E-state index in [0.29, 0.717) is 29.8 Å². The van der Waals surface area contributed by atoms with Crippen molar-refractivity contribution >= 4 is 29.3 Å². The summed E-state index contributed by atoms with van der Waals surface area (Å²) in [7, 11) is 1.58. The van der Waals surface area contributed by atoms with Crippen LogP contribution in [0.2, 0.25) is 0 Å². The van der Waals surface area contributed by atoms with E-state index in [1.54, 1.807) is 48.4 Å². The summed E-state index contributed by atoms with van der Waals surface area (Å²) in [4.78, 5) is 52.2. The SMILES string of the molecule is COc1ccc(N2CC(NC(=O)CCCN3C(=O)c4ccccc4C3=O)CC2=O)cc1. The molecule has 4 rings (SSSR count). The fourth-order valence-corrected chi connectivity index (χ4v) is 3.96. The average molecular weight is 421 g/mol. The van der Waals surface area contributed by atoms with Gasteiger partial charge in [-0.2, -0.15) is 0 Å². The summed E-state index contributed by atoms with van der Waals surface area (Å²) in [6, 6.07) is 13.6. The van der Waals surface area contributed by atoms with Crippen LogP contribution in [0.4, 0.5) is 5.69 Å². The lowest BCUT2D eigenvalue weighted by molar-refractivity contribution is -0.121. The number of benzene rings is 2. The molecule has 0 aromatic heterocycles. The van der Waals surface area contributed by atoms with E-state index in [-0.39, 0.29) is 49.1 Å². The van der Waals surface area contributed by atoms with Crippen molar-refractivity contribution in [2.75, 3.05) is 25.1 Å². The number of rotatable bonds is 7. The summed E-state index contributed by atoms with van der Waals surface area (Å²) >= 11 is 0. The van der Waals surface area contributed by atoms with Gasteiger partial charge in [-0.3, -0.25) is 24.1 Å². The zero-order valence-electron chi connectivity index (χ0n) is 17.2. The average Bonchev–Trinajstić information content (AvgIpc) is 3.26. The first-order chi connectivity index (χ1) is 15.0. The number of anilines is 1. The molecule has 2 aliphatic rings. The maximum absolute atomic E-state index is 12.4. The smallest absolute Gasteiger partial charge is 0.261 e. The van der Waals surface area contributed by atoms with Gasteiger partial charge in [-0.1, -0.05) is 12.1 Å². The van der Waals surface area contributed by atoms with Crippen LogP contribution in [0.1, 0.15) is 40.0 Å². The fourth-order valence-electron chi connectivity index (χ4n) is 3.96. The Morgan fingerprint density at radius 1 is 1.03 bits per heavy atom. The van der Waals surface area contributed by atoms with Crippen molar-refractivity contribution in [2.24, 2.45) is 0 Å². The number of hydrogen-bond donors (Lipinski definition) is 1. The van der Waals surface area contributed by atoms with Crippen LogP contribution < -0.4 is 15.0 Å². The summed E-state index contributed by atoms with van der Waals surface area (Å²) in [5.74, 6) is -0.194. The van der Waals surface area contributed by atoms with Gasteiger partial charge in [-0.05, 0) is 42.8 Å². The highest BCUT2D eigenvalue weighted by Gasteiger charge is 2.35. The van der Waals surface area contributed by atoms with Gasteiger partial charge in [-0.25, -0.2) is 0 Å². The minimum Gasteiger partial charge on any atom is -0.497 e. The largest absolute Gasteiger partial charge is 0.497 e. The zero-order valence-corrected chi connectivity index (χ0v) is 17.2. The molecular formula is C23H23N3O5. The predicted molar refractivity (Wildman–Crippen MR) is 113 cm³/mol. The van der Waals surface area contributed by atoms with Crippen LogP contribution in [-0.4, -0.2) is 54.8 Å². The molecule has 2 aliphatic heterocycles. The molecule has 1 saturated heterocycles. The van der Waals surface area contributed by atoms with Crippen LogP contribution in [0.15, 0.2) is 48.5 Å². The third-order valence-electron chi connectivity index (χ3n) is 5.54. The molecule has 2 aromatic carbocycles. The van der Waals surface area contributed by atoms with E-state index in [4.69, 9.17) is 4.74 Å². The Morgan fingerprint density at radius 2 is 1.68 bits per heavy atom. The molecule has 2 heterocycles. The maximum atomic E-state index is 12.4. The minimum atomic E-state index is -0.322. The molecule has 1 fully saturated rings. The van der Waals surface area contributed by atoms with Gasteiger partial charge >= 0.3 is 0 Å². The van der Waals surface area contributed by atoms with Gasteiger partial charge in [0.25, 0.3) is 11.8 Å². The molecular weight excluding hydrogens is 398 g/mol. The number of carbonyl (C=O) groups is 4. The minimum absolute atomic E-state index is 0.0542. The molecule has 0 bridgehead atoms. The molecule has 0 aliphatic carbocycles. The maximum Gasteiger partial charge on any atom is 0.261 e. The summed E-state index contributed by atoms with van der Waals surface area (Å²) < 4.78 is 5.13. The molecule has 1 atom stereocenters. The number of hydrogen-bond acceptors (Lipinski definition) is 5. The van der Waals surface area contributed by atoms with Crippen LogP contribution in [0.25, 0.3) is 0 Å². The van der Waals surface area contributed by atoms with Crippen molar-refractivity contribution in [1.29, 1.82) is 0 Å². The van der Waals surface area contributed by atoms with Crippen molar-refractivity contribution in [1.82, 2.24) is 10.2 Å². The van der Waals surface area contributed by atoms with E-state index >= 15 is 0 Å². The first-order valence-electron chi connectivity index (χ1n) is 10.2. The van der Waals surface area contributed by atoms with Crippen molar-refractivity contribution in [3.8, 4) is 5.75 Å². The fraction of sp³-hybridized carbons (Fsp3) is 0.304. The van der Waals surface area contributed by atoms with Crippen molar-refractivity contribution in [2.45, 2.75) is 25.3 Å². The van der Waals surface area contributed by atoms with Crippen LogP contribution >= 0.6 is 0 Å². The zero-order chi connectivity index (χ0) is 22.0. The Labute approximate surface area is 179 Å². The number of carbonyl (C=O) groups excluding carboxylic acids is 4. The Balaban J connectivity index is 1.26. The molecule has 0 saturated carbocycles. The van der Waals surface area contributed by atoms with Crippen molar-refractivity contribution in [3.05, 3.63) is 59.7 Å². The Hall–Kier alpha value is -3.68. The van der Waals surface area contributed by atoms with Crippen LogP contribution in [-0.2, 0) is 9.59 Å². The lowest BCUT2D eigenvalue weighted by Gasteiger charge is -2.18. The lowest BCUT2D eigenvalue weighted by atomic mass is 10.1. The van der Waals surface area contributed by atoms with E-state index < -0.39 is 0 Å². The number of nitrogens with zero attached hydrogens (tertiary/aromatic N) is 2. The molecule has 8 nitrogen and oxygen atoms in total. The highest BCUT2D eigenvalue weighted by atomic mass is 16.5. The number of ether oxygens (including phenoxy) is 1. The Kier molecular flexibility index (Phi) is 5.70. The van der Waals surface area contributed by atoms with Gasteiger partial charge in [0.05, 0.1) is 24.3 Å². The number of amides is 4. The standard InChI is InChI=1S/C23H23N3O5/c1-31-17-10-8-16(9-11-17)26-14-15(13-21(26)28)24-20(27)7-4-12-25-22(29)18-5-2-3-6-19(18)23(25)30/h2-3,5-6,8-11,15H,4,7,12-14H2,1H3,(H,24,27). The topological polar surface area (TPSA) is 96.0 Å². The Bertz CT molecular complexity index is 999. The summed E-state index contributed by atoms with van der Waals surface area (Å²) in [5.41, 5.74) is 1.56. The molecule has 0 radical (unpaired) electrons. The lowest BCUT2D eigenvalue weighted by Crippen LogP contribution is -2.37. The molecule has 0 spiro atoms. The first-order valence-corrected chi connectivity index (χ1v) is 10.2. The third kappa shape index (κ3) is 4.14. The second kappa shape index (κ2) is 8.59. The van der Waals surface area contributed by atoms with Crippen molar-refractivity contribution < 1.29 is 23.9 Å². The summed E-state index contributed by atoms with van der Waals surface area (Å²) in [6.45, 7) is 0.580. The molecule has 31 heavy (non-hydrogen) atoms. The van der Waals surface area contributed by atoms with Crippen LogP contribution in [0.3, 0.4) is 0 Å². The van der Waals surface area contributed by atoms with E-state index in [1.165, 1.54) is 4.90 Å². The van der Waals surface area contributed by atoms with Gasteiger partial charge in [0.2, 0.25) is 11.8 Å². The van der Waals surface area contributed by atoms with Gasteiger partial charge < -0.3 is 15.0 Å². The summed E-state index contributed by atoms with van der Waals surface area (Å²) in [5, 5.41) is 2.88. The van der Waals surface area contributed by atoms with Crippen molar-refractivity contribution in [3.63, 3.8) is 0 Å². The highest BCUT2D eigenvalue weighted by Crippen LogP contribution is 2.25. The second-order valence-corrected chi connectivity index (χ2v) is 7.58. The third-order valence-corrected chi connectivity index (χ3v) is 5.54. The molecule has 4 amide bonds. The van der Waals surface area contributed by atoms with E-state index in [0.717, 1.165) is 5.69 Å². The number of fused-ring (bicyclic) bond motifs is 1. The quantitative estimate of drug-likeness (QED) is 0.690.